The van der Waals surface area contributed by atoms with Crippen LogP contribution in [0.4, 0.5) is 0 Å². The molecule has 1 aromatic heterocycles. The topological polar surface area (TPSA) is 80.9 Å². The molecule has 0 radical (unpaired) electrons. The third-order valence-corrected chi connectivity index (χ3v) is 4.44. The van der Waals surface area contributed by atoms with Crippen LogP contribution in [0.15, 0.2) is 35.6 Å². The van der Waals surface area contributed by atoms with Gasteiger partial charge in [-0.25, -0.2) is 9.97 Å². The molecular weight excluding hydrogens is 272 g/mol. The maximum atomic E-state index is 11.6. The third kappa shape index (κ3) is 3.08. The van der Waals surface area contributed by atoms with Crippen molar-refractivity contribution in [3.8, 4) is 0 Å². The van der Waals surface area contributed by atoms with E-state index in [0.717, 1.165) is 15.9 Å². The molecule has 0 aliphatic heterocycles. The van der Waals surface area contributed by atoms with Crippen LogP contribution < -0.4 is 11.1 Å². The van der Waals surface area contributed by atoms with Gasteiger partial charge in [-0.3, -0.25) is 4.79 Å². The van der Waals surface area contributed by atoms with Gasteiger partial charge in [0.05, 0.1) is 5.52 Å². The van der Waals surface area contributed by atoms with E-state index in [4.69, 9.17) is 5.73 Å². The SMILES string of the molecule is CCNC(C)(CSc1ncnc2ccccc12)C(N)=O. The Bertz CT molecular complexity index is 614. The van der Waals surface area contributed by atoms with Crippen LogP contribution in [0, 0.1) is 0 Å². The number of nitrogens with two attached hydrogens (primary N) is 1. The summed E-state index contributed by atoms with van der Waals surface area (Å²) in [4.78, 5) is 20.1. The molecule has 3 N–H and O–H groups in total. The van der Waals surface area contributed by atoms with Gasteiger partial charge in [0.15, 0.2) is 0 Å². The van der Waals surface area contributed by atoms with Crippen molar-refractivity contribution in [2.24, 2.45) is 5.73 Å². The predicted molar refractivity (Wildman–Crippen MR) is 81.5 cm³/mol. The number of para-hydroxylation sites is 1. The number of amides is 1. The maximum Gasteiger partial charge on any atom is 0.238 e. The first-order valence-corrected chi connectivity index (χ1v) is 7.43. The van der Waals surface area contributed by atoms with Crippen LogP contribution in [0.1, 0.15) is 13.8 Å². The van der Waals surface area contributed by atoms with E-state index in [1.54, 1.807) is 6.33 Å². The van der Waals surface area contributed by atoms with Crippen LogP contribution in [0.3, 0.4) is 0 Å². The van der Waals surface area contributed by atoms with Gasteiger partial charge in [-0.1, -0.05) is 25.1 Å². The zero-order chi connectivity index (χ0) is 14.6. The standard InChI is InChI=1S/C14H18N4OS/c1-3-18-14(2,13(15)19)8-20-12-10-6-4-5-7-11(10)16-9-17-12/h4-7,9,18H,3,8H2,1-2H3,(H2,15,19). The average molecular weight is 290 g/mol. The molecule has 0 saturated heterocycles. The molecular formula is C14H18N4OS. The number of thioether (sulfide) groups is 1. The second-order valence-electron chi connectivity index (χ2n) is 4.71. The van der Waals surface area contributed by atoms with Crippen molar-refractivity contribution in [3.05, 3.63) is 30.6 Å². The summed E-state index contributed by atoms with van der Waals surface area (Å²) in [6, 6.07) is 7.81. The van der Waals surface area contributed by atoms with Crippen molar-refractivity contribution in [3.63, 3.8) is 0 Å². The quantitative estimate of drug-likeness (QED) is 0.623. The molecule has 1 heterocycles. The van der Waals surface area contributed by atoms with E-state index in [1.807, 2.05) is 38.1 Å². The molecule has 0 aliphatic rings. The van der Waals surface area contributed by atoms with Gasteiger partial charge in [0.1, 0.15) is 16.9 Å². The van der Waals surface area contributed by atoms with Crippen LogP contribution in [0.25, 0.3) is 10.9 Å². The van der Waals surface area contributed by atoms with Gasteiger partial charge < -0.3 is 11.1 Å². The van der Waals surface area contributed by atoms with Crippen molar-refractivity contribution in [2.75, 3.05) is 12.3 Å². The predicted octanol–water partition coefficient (Wildman–Crippen LogP) is 1.58. The fourth-order valence-electron chi connectivity index (χ4n) is 1.91. The highest BCUT2D eigenvalue weighted by molar-refractivity contribution is 7.99. The van der Waals surface area contributed by atoms with Crippen molar-refractivity contribution in [2.45, 2.75) is 24.4 Å². The molecule has 0 spiro atoms. The normalized spacial score (nSPS) is 14.1. The third-order valence-electron chi connectivity index (χ3n) is 3.11. The molecule has 1 aromatic carbocycles. The average Bonchev–Trinajstić information content (AvgIpc) is 2.45. The van der Waals surface area contributed by atoms with E-state index < -0.39 is 5.54 Å². The molecule has 6 heteroatoms. The van der Waals surface area contributed by atoms with Crippen LogP contribution in [-0.4, -0.2) is 33.7 Å². The minimum atomic E-state index is -0.745. The number of nitrogens with zero attached hydrogens (tertiary/aromatic N) is 2. The molecule has 20 heavy (non-hydrogen) atoms. The second-order valence-corrected chi connectivity index (χ2v) is 5.68. The summed E-state index contributed by atoms with van der Waals surface area (Å²) in [7, 11) is 0. The van der Waals surface area contributed by atoms with E-state index >= 15 is 0 Å². The van der Waals surface area contributed by atoms with Crippen molar-refractivity contribution >= 4 is 28.6 Å². The summed E-state index contributed by atoms with van der Waals surface area (Å²) in [6.45, 7) is 4.45. The highest BCUT2D eigenvalue weighted by atomic mass is 32.2. The Balaban J connectivity index is 2.22. The summed E-state index contributed by atoms with van der Waals surface area (Å²) in [6.07, 6.45) is 1.54. The van der Waals surface area contributed by atoms with Crippen LogP contribution in [-0.2, 0) is 4.79 Å². The van der Waals surface area contributed by atoms with Gasteiger partial charge in [0.2, 0.25) is 5.91 Å². The minimum Gasteiger partial charge on any atom is -0.368 e. The summed E-state index contributed by atoms with van der Waals surface area (Å²) in [5.41, 5.74) is 5.64. The first-order chi connectivity index (χ1) is 9.57. The van der Waals surface area contributed by atoms with Gasteiger partial charge >= 0.3 is 0 Å². The number of hydrogen-bond donors (Lipinski definition) is 2. The van der Waals surface area contributed by atoms with Gasteiger partial charge in [-0.05, 0) is 19.5 Å². The van der Waals surface area contributed by atoms with E-state index in [2.05, 4.69) is 15.3 Å². The Kier molecular flexibility index (Phi) is 4.57. The molecule has 0 bridgehead atoms. The van der Waals surface area contributed by atoms with Gasteiger partial charge in [-0.15, -0.1) is 11.8 Å². The number of primary amides is 1. The minimum absolute atomic E-state index is 0.356. The molecule has 0 aliphatic carbocycles. The smallest absolute Gasteiger partial charge is 0.238 e. The van der Waals surface area contributed by atoms with Gasteiger partial charge in [-0.2, -0.15) is 0 Å². The monoisotopic (exact) mass is 290 g/mol. The van der Waals surface area contributed by atoms with E-state index in [-0.39, 0.29) is 5.91 Å². The highest BCUT2D eigenvalue weighted by Crippen LogP contribution is 2.26. The lowest BCUT2D eigenvalue weighted by molar-refractivity contribution is -0.122. The zero-order valence-electron chi connectivity index (χ0n) is 11.6. The maximum absolute atomic E-state index is 11.6. The van der Waals surface area contributed by atoms with Crippen LogP contribution in [0.2, 0.25) is 0 Å². The molecule has 0 fully saturated rings. The zero-order valence-corrected chi connectivity index (χ0v) is 12.4. The first kappa shape index (κ1) is 14.7. The highest BCUT2D eigenvalue weighted by Gasteiger charge is 2.30. The number of aromatic nitrogens is 2. The van der Waals surface area contributed by atoms with E-state index in [1.165, 1.54) is 11.8 Å². The first-order valence-electron chi connectivity index (χ1n) is 6.44. The van der Waals surface area contributed by atoms with Crippen LogP contribution >= 0.6 is 11.8 Å². The summed E-state index contributed by atoms with van der Waals surface area (Å²) >= 11 is 1.51. The Labute approximate surface area is 122 Å². The molecule has 5 nitrogen and oxygen atoms in total. The lowest BCUT2D eigenvalue weighted by Crippen LogP contribution is -2.55. The number of benzene rings is 1. The molecule has 1 atom stereocenters. The second kappa shape index (κ2) is 6.19. The molecule has 0 saturated carbocycles. The molecule has 1 unspecified atom stereocenters. The largest absolute Gasteiger partial charge is 0.368 e. The molecule has 1 amide bonds. The lowest BCUT2D eigenvalue weighted by Gasteiger charge is -2.26. The number of nitrogens with one attached hydrogen (secondary N) is 1. The van der Waals surface area contributed by atoms with Crippen molar-refractivity contribution in [1.29, 1.82) is 0 Å². The van der Waals surface area contributed by atoms with Gasteiger partial charge in [0, 0.05) is 11.1 Å². The number of fused-ring (bicyclic) bond motifs is 1. The lowest BCUT2D eigenvalue weighted by atomic mass is 10.1. The number of rotatable bonds is 6. The molecule has 2 rings (SSSR count). The summed E-state index contributed by atoms with van der Waals surface area (Å²) < 4.78 is 0. The Morgan fingerprint density at radius 2 is 2.15 bits per heavy atom. The van der Waals surface area contributed by atoms with Crippen molar-refractivity contribution < 1.29 is 4.79 Å². The van der Waals surface area contributed by atoms with E-state index in [0.29, 0.717) is 12.3 Å². The number of carbonyl (C=O) groups is 1. The summed E-state index contributed by atoms with van der Waals surface area (Å²) in [5.74, 6) is 0.169. The Morgan fingerprint density at radius 1 is 1.40 bits per heavy atom. The Hall–Kier alpha value is -1.66. The number of likely N-dealkylation sites (N-methyl/N-ethyl adjacent to an activating group) is 1. The number of carbonyl (C=O) groups excluding carboxylic acids is 1. The fourth-order valence-corrected chi connectivity index (χ4v) is 3.03. The summed E-state index contributed by atoms with van der Waals surface area (Å²) in [5, 5.41) is 4.99. The molecule has 106 valence electrons. The van der Waals surface area contributed by atoms with Crippen LogP contribution in [0.5, 0.6) is 0 Å². The molecule has 2 aromatic rings. The number of hydrogen-bond acceptors (Lipinski definition) is 5. The fraction of sp³-hybridized carbons (Fsp3) is 0.357. The van der Waals surface area contributed by atoms with E-state index in [9.17, 15) is 4.79 Å². The van der Waals surface area contributed by atoms with Crippen molar-refractivity contribution in [1.82, 2.24) is 15.3 Å². The van der Waals surface area contributed by atoms with Gasteiger partial charge in [0.25, 0.3) is 0 Å². The Morgan fingerprint density at radius 3 is 2.85 bits per heavy atom.